The Hall–Kier alpha value is -6.69. The molecule has 63 heavy (non-hydrogen) atoms. The van der Waals surface area contributed by atoms with Gasteiger partial charge in [0.05, 0.1) is 9.79 Å². The van der Waals surface area contributed by atoms with E-state index in [0.29, 0.717) is 27.5 Å². The molecule has 8 aromatic carbocycles. The van der Waals surface area contributed by atoms with Crippen LogP contribution < -0.4 is 4.90 Å². The lowest BCUT2D eigenvalue weighted by atomic mass is 9.48. The minimum Gasteiger partial charge on any atom is -0.456 e. The largest absolute Gasteiger partial charge is 0.456 e. The second-order valence-corrected chi connectivity index (χ2v) is 20.0. The van der Waals surface area contributed by atoms with Gasteiger partial charge in [-0.3, -0.25) is 0 Å². The van der Waals surface area contributed by atoms with Gasteiger partial charge in [0.15, 0.2) is 0 Å². The van der Waals surface area contributed by atoms with Crippen LogP contribution in [0.25, 0.3) is 55.3 Å². The lowest BCUT2D eigenvalue weighted by Crippen LogP contribution is -2.53. The summed E-state index contributed by atoms with van der Waals surface area (Å²) in [6.07, 6.45) is 5.69. The van der Waals surface area contributed by atoms with Crippen molar-refractivity contribution in [2.45, 2.75) is 54.2 Å². The molecule has 4 atom stereocenters. The fourth-order valence-electron chi connectivity index (χ4n) is 12.1. The van der Waals surface area contributed by atoms with E-state index in [0.717, 1.165) is 109 Å². The summed E-state index contributed by atoms with van der Waals surface area (Å²) >= 11 is 0. The van der Waals surface area contributed by atoms with E-state index < -0.39 is 9.84 Å². The number of benzene rings is 8. The van der Waals surface area contributed by atoms with Gasteiger partial charge in [0.1, 0.15) is 11.2 Å². The highest BCUT2D eigenvalue weighted by molar-refractivity contribution is 7.91. The van der Waals surface area contributed by atoms with Gasteiger partial charge in [-0.2, -0.15) is 0 Å². The number of hydrogen-bond donors (Lipinski definition) is 0. The quantitative estimate of drug-likeness (QED) is 0.167. The monoisotopic (exact) mass is 837 g/mol. The maximum absolute atomic E-state index is 15.1. The molecule has 0 N–H and O–H groups in total. The van der Waals surface area contributed by atoms with Gasteiger partial charge in [0.25, 0.3) is 0 Å². The third-order valence-electron chi connectivity index (χ3n) is 14.6. The van der Waals surface area contributed by atoms with Gasteiger partial charge < -0.3 is 9.32 Å². The Balaban J connectivity index is 1.02. The van der Waals surface area contributed by atoms with E-state index in [1.54, 1.807) is 0 Å². The molecule has 1 unspecified atom stereocenters. The second-order valence-electron chi connectivity index (χ2n) is 18.1. The summed E-state index contributed by atoms with van der Waals surface area (Å²) in [4.78, 5) is 3.18. The van der Waals surface area contributed by atoms with Crippen molar-refractivity contribution in [1.29, 1.82) is 0 Å². The molecule has 2 saturated carbocycles. The van der Waals surface area contributed by atoms with Gasteiger partial charge in [-0.25, -0.2) is 8.42 Å². The van der Waals surface area contributed by atoms with Crippen LogP contribution in [0.1, 0.15) is 50.2 Å². The normalized spacial score (nSPS) is 20.9. The van der Waals surface area contributed by atoms with Crippen molar-refractivity contribution in [2.75, 3.05) is 4.90 Å². The number of anilines is 3. The zero-order chi connectivity index (χ0) is 42.3. The number of para-hydroxylation sites is 1. The molecule has 2 fully saturated rings. The summed E-state index contributed by atoms with van der Waals surface area (Å²) in [6.45, 7) is 2.39. The predicted molar refractivity (Wildman–Crippen MR) is 257 cm³/mol. The summed E-state index contributed by atoms with van der Waals surface area (Å²) < 4.78 is 36.4. The zero-order valence-electron chi connectivity index (χ0n) is 35.2. The molecule has 9 aromatic rings. The first-order valence-electron chi connectivity index (χ1n) is 22.4. The second kappa shape index (κ2) is 14.7. The van der Waals surface area contributed by atoms with Crippen LogP contribution in [0, 0.1) is 17.8 Å². The van der Waals surface area contributed by atoms with Gasteiger partial charge in [-0.1, -0.05) is 147 Å². The fraction of sp³-hybridized carbons (Fsp3) is 0.172. The highest BCUT2D eigenvalue weighted by Gasteiger charge is 2.58. The summed E-state index contributed by atoms with van der Waals surface area (Å²) in [5, 5.41) is 2.21. The number of fused-ring (bicyclic) bond motifs is 5. The van der Waals surface area contributed by atoms with Crippen LogP contribution in [0.2, 0.25) is 0 Å². The lowest BCUT2D eigenvalue weighted by Gasteiger charge is -2.57. The van der Waals surface area contributed by atoms with Crippen molar-refractivity contribution in [3.63, 3.8) is 0 Å². The number of rotatable bonds is 6. The van der Waals surface area contributed by atoms with E-state index in [1.165, 1.54) is 6.42 Å². The van der Waals surface area contributed by atoms with Gasteiger partial charge in [0, 0.05) is 33.2 Å². The Bertz CT molecular complexity index is 3320. The molecular weight excluding hydrogens is 791 g/mol. The molecule has 2 heterocycles. The molecule has 3 aliphatic rings. The predicted octanol–water partition coefficient (Wildman–Crippen LogP) is 15.3. The smallest absolute Gasteiger partial charge is 0.207 e. The van der Waals surface area contributed by atoms with Gasteiger partial charge in [-0.05, 0) is 143 Å². The SMILES string of the molecule is C[C@@H]1C[C@H]2CCC[C@@H](C1)C21c2ccccc2S(=O)(=O)c2cc(N(c3ccc(-c4ccccc4-c4cccc5oc6ccccc6c45)cc3)c3cccc(-c4ccccc4)c3)ccc21. The molecule has 308 valence electrons. The van der Waals surface area contributed by atoms with Crippen molar-refractivity contribution in [3.05, 3.63) is 199 Å². The van der Waals surface area contributed by atoms with Crippen molar-refractivity contribution in [1.82, 2.24) is 0 Å². The summed E-state index contributed by atoms with van der Waals surface area (Å²) in [5.74, 6) is 1.42. The Kier molecular flexibility index (Phi) is 8.88. The van der Waals surface area contributed by atoms with Crippen LogP contribution in [-0.2, 0) is 15.3 Å². The van der Waals surface area contributed by atoms with Crippen LogP contribution in [0.4, 0.5) is 17.1 Å². The topological polar surface area (TPSA) is 50.5 Å². The molecule has 12 rings (SSSR count). The molecule has 1 spiro atoms. The van der Waals surface area contributed by atoms with Crippen molar-refractivity contribution >= 4 is 48.8 Å². The first-order chi connectivity index (χ1) is 30.9. The van der Waals surface area contributed by atoms with E-state index >= 15 is 8.42 Å². The Morgan fingerprint density at radius 1 is 0.508 bits per heavy atom. The van der Waals surface area contributed by atoms with Gasteiger partial charge in [0.2, 0.25) is 9.84 Å². The molecule has 0 radical (unpaired) electrons. The van der Waals surface area contributed by atoms with E-state index in [4.69, 9.17) is 4.42 Å². The summed E-state index contributed by atoms with van der Waals surface area (Å²) in [5.41, 5.74) is 12.8. The van der Waals surface area contributed by atoms with Crippen LogP contribution in [0.15, 0.2) is 202 Å². The molecule has 2 bridgehead atoms. The Morgan fingerprint density at radius 3 is 1.95 bits per heavy atom. The van der Waals surface area contributed by atoms with Gasteiger partial charge in [-0.15, -0.1) is 0 Å². The molecular formula is C58H47NO3S. The maximum Gasteiger partial charge on any atom is 0.207 e. The van der Waals surface area contributed by atoms with Crippen LogP contribution in [0.5, 0.6) is 0 Å². The molecule has 2 aliphatic carbocycles. The number of hydrogen-bond acceptors (Lipinski definition) is 4. The summed E-state index contributed by atoms with van der Waals surface area (Å²) in [6, 6.07) is 65.2. The van der Waals surface area contributed by atoms with Crippen molar-refractivity contribution in [3.8, 4) is 33.4 Å². The average Bonchev–Trinajstić information content (AvgIpc) is 3.71. The Labute approximate surface area is 369 Å². The number of furan rings is 1. The van der Waals surface area contributed by atoms with E-state index in [9.17, 15) is 0 Å². The molecule has 1 aromatic heterocycles. The van der Waals surface area contributed by atoms with E-state index in [-0.39, 0.29) is 5.41 Å². The minimum absolute atomic E-state index is 0.319. The van der Waals surface area contributed by atoms with E-state index in [1.807, 2.05) is 48.5 Å². The van der Waals surface area contributed by atoms with E-state index in [2.05, 4.69) is 151 Å². The lowest BCUT2D eigenvalue weighted by molar-refractivity contribution is 0.0488. The van der Waals surface area contributed by atoms with Gasteiger partial charge >= 0.3 is 0 Å². The standard InChI is InChI=1S/C58H47NO3S/c1-38-34-42-17-12-18-43(35-38)58(42)51-24-8-10-27-55(51)63(60,61)56-37-46(32-33-52(56)58)59(45-19-11-16-41(36-45)39-14-3-2-4-15-39)44-30-28-40(29-31-44)47-20-5-6-21-48(47)49-23-13-26-54-57(49)50-22-7-9-25-53(50)62-54/h2-11,13-16,19-33,36-38,42-43H,12,17-18,34-35H2,1H3/t38-,42-,43+,58?. The average molecular weight is 838 g/mol. The highest BCUT2D eigenvalue weighted by Crippen LogP contribution is 2.63. The molecule has 0 saturated heterocycles. The maximum atomic E-state index is 15.1. The first-order valence-corrected chi connectivity index (χ1v) is 23.9. The zero-order valence-corrected chi connectivity index (χ0v) is 36.1. The third kappa shape index (κ3) is 5.89. The molecule has 5 heteroatoms. The summed E-state index contributed by atoms with van der Waals surface area (Å²) in [7, 11) is -3.83. The number of sulfone groups is 1. The molecule has 1 aliphatic heterocycles. The third-order valence-corrected chi connectivity index (χ3v) is 16.5. The Morgan fingerprint density at radius 2 is 1.13 bits per heavy atom. The first kappa shape index (κ1) is 38.0. The minimum atomic E-state index is -3.83. The van der Waals surface area contributed by atoms with Crippen LogP contribution in [0.3, 0.4) is 0 Å². The van der Waals surface area contributed by atoms with Crippen LogP contribution in [-0.4, -0.2) is 8.42 Å². The van der Waals surface area contributed by atoms with Crippen molar-refractivity contribution < 1.29 is 12.8 Å². The molecule has 4 nitrogen and oxygen atoms in total. The fourth-order valence-corrected chi connectivity index (χ4v) is 14.0. The van der Waals surface area contributed by atoms with Crippen molar-refractivity contribution in [2.24, 2.45) is 17.8 Å². The number of nitrogens with zero attached hydrogens (tertiary/aromatic N) is 1. The van der Waals surface area contributed by atoms with Crippen LogP contribution >= 0.6 is 0 Å². The molecule has 0 amide bonds. The highest BCUT2D eigenvalue weighted by atomic mass is 32.2.